The van der Waals surface area contributed by atoms with Gasteiger partial charge in [-0.3, -0.25) is 0 Å². The van der Waals surface area contributed by atoms with E-state index in [0.29, 0.717) is 6.04 Å². The highest BCUT2D eigenvalue weighted by Gasteiger charge is 2.10. The van der Waals surface area contributed by atoms with Crippen molar-refractivity contribution in [2.45, 2.75) is 39.2 Å². The Balaban J connectivity index is 2.73. The molecule has 1 aromatic carbocycles. The third kappa shape index (κ3) is 4.53. The zero-order valence-corrected chi connectivity index (χ0v) is 11.6. The zero-order valence-electron chi connectivity index (χ0n) is 10.8. The zero-order chi connectivity index (χ0) is 12.7. The van der Waals surface area contributed by atoms with Crippen LogP contribution >= 0.6 is 11.6 Å². The molecule has 0 radical (unpaired) electrons. The normalized spacial score (nSPS) is 12.4. The molecule has 0 amide bonds. The molecule has 0 fully saturated rings. The molecule has 0 aliphatic rings. The fourth-order valence-corrected chi connectivity index (χ4v) is 2.11. The molecule has 2 heteroatoms. The quantitative estimate of drug-likeness (QED) is 0.549. The van der Waals surface area contributed by atoms with Crippen LogP contribution in [0.4, 0.5) is 0 Å². The first-order valence-electron chi connectivity index (χ1n) is 6.29. The highest BCUT2D eigenvalue weighted by molar-refractivity contribution is 6.31. The summed E-state index contributed by atoms with van der Waals surface area (Å²) in [6.45, 7) is 8.91. The van der Waals surface area contributed by atoms with Gasteiger partial charge in [-0.25, -0.2) is 0 Å². The van der Waals surface area contributed by atoms with Crippen molar-refractivity contribution in [3.63, 3.8) is 0 Å². The predicted molar refractivity (Wildman–Crippen MR) is 76.7 cm³/mol. The average molecular weight is 252 g/mol. The maximum absolute atomic E-state index is 6.18. The SMILES string of the molecule is C=CCCCC(NCC)c1ccc(C)c(Cl)c1. The number of aryl methyl sites for hydroxylation is 1. The molecule has 1 nitrogen and oxygen atoms in total. The van der Waals surface area contributed by atoms with Crippen LogP contribution in [0.15, 0.2) is 30.9 Å². The molecular weight excluding hydrogens is 230 g/mol. The topological polar surface area (TPSA) is 12.0 Å². The number of halogens is 1. The second-order valence-electron chi connectivity index (χ2n) is 4.34. The van der Waals surface area contributed by atoms with E-state index in [1.54, 1.807) is 0 Å². The van der Waals surface area contributed by atoms with Crippen LogP contribution in [0, 0.1) is 6.92 Å². The van der Waals surface area contributed by atoms with Crippen LogP contribution in [0.25, 0.3) is 0 Å². The summed E-state index contributed by atoms with van der Waals surface area (Å²) < 4.78 is 0. The van der Waals surface area contributed by atoms with Crippen molar-refractivity contribution in [2.75, 3.05) is 6.54 Å². The van der Waals surface area contributed by atoms with E-state index in [0.717, 1.165) is 36.4 Å². The summed E-state index contributed by atoms with van der Waals surface area (Å²) in [5.74, 6) is 0. The van der Waals surface area contributed by atoms with Gasteiger partial charge in [-0.15, -0.1) is 6.58 Å². The first-order chi connectivity index (χ1) is 8.19. The summed E-state index contributed by atoms with van der Waals surface area (Å²) in [5.41, 5.74) is 2.42. The van der Waals surface area contributed by atoms with Gasteiger partial charge in [-0.2, -0.15) is 0 Å². The van der Waals surface area contributed by atoms with Crippen molar-refractivity contribution >= 4 is 11.6 Å². The van der Waals surface area contributed by atoms with Gasteiger partial charge in [0.2, 0.25) is 0 Å². The molecule has 0 spiro atoms. The van der Waals surface area contributed by atoms with Crippen molar-refractivity contribution in [3.8, 4) is 0 Å². The van der Waals surface area contributed by atoms with Gasteiger partial charge in [0.25, 0.3) is 0 Å². The van der Waals surface area contributed by atoms with E-state index in [1.807, 2.05) is 13.0 Å². The maximum Gasteiger partial charge on any atom is 0.0438 e. The molecule has 1 rings (SSSR count). The Hall–Kier alpha value is -0.790. The number of hydrogen-bond acceptors (Lipinski definition) is 1. The lowest BCUT2D eigenvalue weighted by Crippen LogP contribution is -2.20. The Morgan fingerprint density at radius 1 is 1.47 bits per heavy atom. The molecule has 1 N–H and O–H groups in total. The van der Waals surface area contributed by atoms with E-state index < -0.39 is 0 Å². The molecule has 0 aliphatic heterocycles. The number of rotatable bonds is 7. The second kappa shape index (κ2) is 7.52. The summed E-state index contributed by atoms with van der Waals surface area (Å²) in [4.78, 5) is 0. The Labute approximate surface area is 110 Å². The minimum Gasteiger partial charge on any atom is -0.310 e. The van der Waals surface area contributed by atoms with E-state index in [9.17, 15) is 0 Å². The monoisotopic (exact) mass is 251 g/mol. The molecule has 17 heavy (non-hydrogen) atoms. The fraction of sp³-hybridized carbons (Fsp3) is 0.467. The van der Waals surface area contributed by atoms with Crippen LogP contribution in [0.2, 0.25) is 5.02 Å². The Bertz CT molecular complexity index is 360. The van der Waals surface area contributed by atoms with Crippen LogP contribution in [0.5, 0.6) is 0 Å². The lowest BCUT2D eigenvalue weighted by atomic mass is 10.00. The van der Waals surface area contributed by atoms with Crippen molar-refractivity contribution in [1.82, 2.24) is 5.32 Å². The summed E-state index contributed by atoms with van der Waals surface area (Å²) in [6.07, 6.45) is 5.33. The molecule has 94 valence electrons. The van der Waals surface area contributed by atoms with Gasteiger partial charge < -0.3 is 5.32 Å². The maximum atomic E-state index is 6.18. The largest absolute Gasteiger partial charge is 0.310 e. The number of unbranched alkanes of at least 4 members (excludes halogenated alkanes) is 1. The predicted octanol–water partition coefficient (Wildman–Crippen LogP) is 4.66. The fourth-order valence-electron chi connectivity index (χ4n) is 1.93. The molecule has 0 saturated heterocycles. The number of allylic oxidation sites excluding steroid dienone is 1. The lowest BCUT2D eigenvalue weighted by molar-refractivity contribution is 0.500. The Kier molecular flexibility index (Phi) is 6.31. The molecule has 0 saturated carbocycles. The van der Waals surface area contributed by atoms with Gasteiger partial charge in [-0.05, 0) is 49.9 Å². The average Bonchev–Trinajstić information content (AvgIpc) is 2.32. The third-order valence-corrected chi connectivity index (χ3v) is 3.36. The van der Waals surface area contributed by atoms with E-state index in [-0.39, 0.29) is 0 Å². The number of benzene rings is 1. The van der Waals surface area contributed by atoms with E-state index >= 15 is 0 Å². The second-order valence-corrected chi connectivity index (χ2v) is 4.75. The van der Waals surface area contributed by atoms with Crippen LogP contribution in [-0.4, -0.2) is 6.54 Å². The minimum absolute atomic E-state index is 0.401. The third-order valence-electron chi connectivity index (χ3n) is 2.95. The summed E-state index contributed by atoms with van der Waals surface area (Å²) in [6, 6.07) is 6.74. The molecule has 0 aliphatic carbocycles. The first kappa shape index (κ1) is 14.3. The van der Waals surface area contributed by atoms with Crippen molar-refractivity contribution < 1.29 is 0 Å². The van der Waals surface area contributed by atoms with Crippen molar-refractivity contribution in [3.05, 3.63) is 47.0 Å². The lowest BCUT2D eigenvalue weighted by Gasteiger charge is -2.18. The molecule has 0 heterocycles. The van der Waals surface area contributed by atoms with Crippen LogP contribution in [0.3, 0.4) is 0 Å². The Morgan fingerprint density at radius 2 is 2.24 bits per heavy atom. The van der Waals surface area contributed by atoms with Gasteiger partial charge in [-0.1, -0.05) is 36.7 Å². The Morgan fingerprint density at radius 3 is 2.82 bits per heavy atom. The molecule has 0 bridgehead atoms. The summed E-state index contributed by atoms with van der Waals surface area (Å²) >= 11 is 6.18. The van der Waals surface area contributed by atoms with Crippen LogP contribution in [0.1, 0.15) is 43.4 Å². The van der Waals surface area contributed by atoms with Gasteiger partial charge >= 0.3 is 0 Å². The molecule has 0 aromatic heterocycles. The summed E-state index contributed by atoms with van der Waals surface area (Å²) in [5, 5.41) is 4.37. The molecule has 1 unspecified atom stereocenters. The molecule has 1 atom stereocenters. The van der Waals surface area contributed by atoms with Gasteiger partial charge in [0, 0.05) is 11.1 Å². The molecular formula is C15H22ClN. The van der Waals surface area contributed by atoms with Gasteiger partial charge in [0.15, 0.2) is 0 Å². The highest BCUT2D eigenvalue weighted by atomic mass is 35.5. The van der Waals surface area contributed by atoms with Crippen LogP contribution < -0.4 is 5.32 Å². The number of hydrogen-bond donors (Lipinski definition) is 1. The smallest absolute Gasteiger partial charge is 0.0438 e. The first-order valence-corrected chi connectivity index (χ1v) is 6.67. The van der Waals surface area contributed by atoms with Gasteiger partial charge in [0.1, 0.15) is 0 Å². The van der Waals surface area contributed by atoms with Crippen molar-refractivity contribution in [1.29, 1.82) is 0 Å². The van der Waals surface area contributed by atoms with E-state index in [4.69, 9.17) is 11.6 Å². The highest BCUT2D eigenvalue weighted by Crippen LogP contribution is 2.24. The number of nitrogens with one attached hydrogen (secondary N) is 1. The standard InChI is InChI=1S/C15H22ClN/c1-4-6-7-8-15(17-5-2)13-10-9-12(3)14(16)11-13/h4,9-11,15,17H,1,5-8H2,2-3H3. The molecule has 1 aromatic rings. The minimum atomic E-state index is 0.401. The summed E-state index contributed by atoms with van der Waals surface area (Å²) in [7, 11) is 0. The van der Waals surface area contributed by atoms with Crippen molar-refractivity contribution in [2.24, 2.45) is 0 Å². The van der Waals surface area contributed by atoms with E-state index in [1.165, 1.54) is 5.56 Å². The van der Waals surface area contributed by atoms with E-state index in [2.05, 4.69) is 37.0 Å². The van der Waals surface area contributed by atoms with Gasteiger partial charge in [0.05, 0.1) is 0 Å². The van der Waals surface area contributed by atoms with Crippen LogP contribution in [-0.2, 0) is 0 Å².